The van der Waals surface area contributed by atoms with Crippen molar-refractivity contribution in [2.24, 2.45) is 5.92 Å². The average molecular weight is 680 g/mol. The third-order valence-corrected chi connectivity index (χ3v) is 12.0. The van der Waals surface area contributed by atoms with Gasteiger partial charge in [-0.25, -0.2) is 13.4 Å². The normalized spacial score (nSPS) is 20.9. The first kappa shape index (κ1) is 33.7. The summed E-state index contributed by atoms with van der Waals surface area (Å²) in [5.74, 6) is 2.00. The van der Waals surface area contributed by atoms with E-state index in [0.717, 1.165) is 30.9 Å². The van der Waals surface area contributed by atoms with Gasteiger partial charge in [0.1, 0.15) is 10.8 Å². The molecule has 1 saturated heterocycles. The van der Waals surface area contributed by atoms with Crippen LogP contribution in [0.1, 0.15) is 71.4 Å². The summed E-state index contributed by atoms with van der Waals surface area (Å²) in [6.45, 7) is 13.5. The van der Waals surface area contributed by atoms with Crippen LogP contribution in [0.4, 0.5) is 23.1 Å². The summed E-state index contributed by atoms with van der Waals surface area (Å²) in [5, 5.41) is 6.16. The van der Waals surface area contributed by atoms with Crippen LogP contribution in [0.2, 0.25) is 5.02 Å². The predicted octanol–water partition coefficient (Wildman–Crippen LogP) is 7.94. The number of nitrogens with zero attached hydrogens (tertiary/aromatic N) is 3. The molecule has 3 aliphatic rings. The molecule has 6 rings (SSSR count). The second kappa shape index (κ2) is 13.7. The lowest BCUT2D eigenvalue weighted by Gasteiger charge is -2.51. The molecule has 1 saturated carbocycles. The maximum absolute atomic E-state index is 13.0. The molecule has 0 radical (unpaired) electrons. The van der Waals surface area contributed by atoms with Crippen molar-refractivity contribution in [3.05, 3.63) is 64.8 Å². The summed E-state index contributed by atoms with van der Waals surface area (Å²) < 4.78 is 38.1. The molecule has 3 aromatic rings. The zero-order valence-corrected chi connectivity index (χ0v) is 29.7. The highest BCUT2D eigenvalue weighted by Crippen LogP contribution is 2.43. The fourth-order valence-corrected chi connectivity index (χ4v) is 8.10. The van der Waals surface area contributed by atoms with Gasteiger partial charge >= 0.3 is 0 Å². The zero-order chi connectivity index (χ0) is 33.5. The number of benzene rings is 2. The van der Waals surface area contributed by atoms with Crippen molar-refractivity contribution in [2.45, 2.75) is 102 Å². The van der Waals surface area contributed by atoms with Gasteiger partial charge in [0.25, 0.3) is 0 Å². The largest absolute Gasteiger partial charge is 0.489 e. The van der Waals surface area contributed by atoms with E-state index in [-0.39, 0.29) is 16.0 Å². The number of para-hydroxylation sites is 1. The van der Waals surface area contributed by atoms with Crippen LogP contribution in [0.5, 0.6) is 5.75 Å². The van der Waals surface area contributed by atoms with Crippen LogP contribution in [-0.2, 0) is 14.6 Å². The standard InChI is InChI=1S/C36H46ClN5O4S/c1-21(2)46-33-17-28(26-15-24(6)42(27-19-45-20-27)32(16-26)25-10-9-11-25)23(5)14-31(33)40-36-38-18-29(37)35(41-36)39-30-12-7-8-13-34(30)47(43,44)22(3)4/h7-8,12-14,16-18,21-22,24-25,27,32H,9-11,15,19-20H2,1-6H3,(H2,38,39,40,41)/t24-,32+/m0/s1. The molecule has 252 valence electrons. The Bertz CT molecular complexity index is 1750. The first-order valence-electron chi connectivity index (χ1n) is 16.7. The predicted molar refractivity (Wildman–Crippen MR) is 189 cm³/mol. The van der Waals surface area contributed by atoms with Gasteiger partial charge in [0.2, 0.25) is 5.95 Å². The first-order valence-corrected chi connectivity index (χ1v) is 18.6. The van der Waals surface area contributed by atoms with Crippen molar-refractivity contribution in [1.82, 2.24) is 14.9 Å². The van der Waals surface area contributed by atoms with Crippen LogP contribution in [0.3, 0.4) is 0 Å². The molecule has 47 heavy (non-hydrogen) atoms. The number of hydrogen-bond acceptors (Lipinski definition) is 9. The molecule has 0 spiro atoms. The Morgan fingerprint density at radius 3 is 2.45 bits per heavy atom. The van der Waals surface area contributed by atoms with Crippen molar-refractivity contribution < 1.29 is 17.9 Å². The van der Waals surface area contributed by atoms with Crippen molar-refractivity contribution in [2.75, 3.05) is 23.8 Å². The Hall–Kier alpha value is -3.18. The molecule has 0 unspecified atom stereocenters. The minimum Gasteiger partial charge on any atom is -0.489 e. The third-order valence-electron chi connectivity index (χ3n) is 9.51. The van der Waals surface area contributed by atoms with E-state index in [1.165, 1.54) is 36.6 Å². The lowest BCUT2D eigenvalue weighted by atomic mass is 9.74. The van der Waals surface area contributed by atoms with E-state index in [2.05, 4.69) is 57.6 Å². The van der Waals surface area contributed by atoms with Crippen LogP contribution in [0.25, 0.3) is 5.57 Å². The number of aromatic nitrogens is 2. The Morgan fingerprint density at radius 1 is 1.06 bits per heavy atom. The molecule has 2 N–H and O–H groups in total. The van der Waals surface area contributed by atoms with Crippen molar-refractivity contribution in [1.29, 1.82) is 0 Å². The van der Waals surface area contributed by atoms with E-state index in [9.17, 15) is 8.42 Å². The van der Waals surface area contributed by atoms with Gasteiger partial charge in [-0.1, -0.05) is 36.2 Å². The molecule has 0 bridgehead atoms. The second-order valence-corrected chi connectivity index (χ2v) is 16.5. The van der Waals surface area contributed by atoms with Gasteiger partial charge in [0, 0.05) is 12.1 Å². The summed E-state index contributed by atoms with van der Waals surface area (Å²) >= 11 is 6.51. The maximum atomic E-state index is 13.0. The monoisotopic (exact) mass is 679 g/mol. The van der Waals surface area contributed by atoms with Crippen molar-refractivity contribution in [3.63, 3.8) is 0 Å². The van der Waals surface area contributed by atoms with E-state index in [4.69, 9.17) is 21.1 Å². The highest BCUT2D eigenvalue weighted by atomic mass is 35.5. The minimum absolute atomic E-state index is 0.0510. The van der Waals surface area contributed by atoms with Gasteiger partial charge in [0.05, 0.1) is 53.1 Å². The SMILES string of the molecule is Cc1cc(Nc2ncc(Cl)c(Nc3ccccc3S(=O)(=O)C(C)C)n2)c(OC(C)C)cc1C1=C[C@H](C2CCC2)N(C2COC2)[C@@H](C)C1. The summed E-state index contributed by atoms with van der Waals surface area (Å²) in [6, 6.07) is 12.4. The molecule has 2 aliphatic heterocycles. The second-order valence-electron chi connectivity index (χ2n) is 13.6. The number of halogens is 1. The Kier molecular flexibility index (Phi) is 9.86. The Morgan fingerprint density at radius 2 is 1.81 bits per heavy atom. The number of sulfone groups is 1. The van der Waals surface area contributed by atoms with Crippen LogP contribution in [0, 0.1) is 12.8 Å². The number of rotatable bonds is 11. The molecule has 1 aliphatic carbocycles. The topological polar surface area (TPSA) is 106 Å². The summed E-state index contributed by atoms with van der Waals surface area (Å²) in [4.78, 5) is 12.0. The molecule has 0 amide bonds. The summed E-state index contributed by atoms with van der Waals surface area (Å²) in [5.41, 5.74) is 4.84. The van der Waals surface area contributed by atoms with E-state index in [1.54, 1.807) is 38.1 Å². The highest BCUT2D eigenvalue weighted by molar-refractivity contribution is 7.92. The summed E-state index contributed by atoms with van der Waals surface area (Å²) in [7, 11) is -3.54. The van der Waals surface area contributed by atoms with E-state index in [1.807, 2.05) is 13.8 Å². The smallest absolute Gasteiger partial charge is 0.229 e. The van der Waals surface area contributed by atoms with Crippen molar-refractivity contribution in [3.8, 4) is 5.75 Å². The number of anilines is 4. The number of aryl methyl sites for hydroxylation is 1. The van der Waals surface area contributed by atoms with Crippen LogP contribution in [-0.4, -0.2) is 66.0 Å². The van der Waals surface area contributed by atoms with Gasteiger partial charge < -0.3 is 20.1 Å². The molecular weight excluding hydrogens is 634 g/mol. The third kappa shape index (κ3) is 7.02. The lowest BCUT2D eigenvalue weighted by molar-refractivity contribution is -0.0997. The highest BCUT2D eigenvalue weighted by Gasteiger charge is 2.42. The van der Waals surface area contributed by atoms with Gasteiger partial charge in [-0.3, -0.25) is 4.90 Å². The molecule has 11 heteroatoms. The minimum atomic E-state index is -3.54. The molecule has 2 atom stereocenters. The average Bonchev–Trinajstić information content (AvgIpc) is 2.95. The van der Waals surface area contributed by atoms with E-state index >= 15 is 0 Å². The van der Waals surface area contributed by atoms with Crippen LogP contribution < -0.4 is 15.4 Å². The lowest BCUT2D eigenvalue weighted by Crippen LogP contribution is -2.60. The van der Waals surface area contributed by atoms with Crippen LogP contribution >= 0.6 is 11.6 Å². The number of ether oxygens (including phenoxy) is 2. The van der Waals surface area contributed by atoms with E-state index in [0.29, 0.717) is 47.2 Å². The number of hydrogen-bond donors (Lipinski definition) is 2. The summed E-state index contributed by atoms with van der Waals surface area (Å²) in [6.07, 6.45) is 8.82. The fourth-order valence-electron chi connectivity index (χ4n) is 6.76. The first-order chi connectivity index (χ1) is 22.4. The Labute approximate surface area is 284 Å². The fraction of sp³-hybridized carbons (Fsp3) is 0.500. The van der Waals surface area contributed by atoms with Gasteiger partial charge in [-0.05, 0) is 108 Å². The van der Waals surface area contributed by atoms with E-state index < -0.39 is 15.1 Å². The van der Waals surface area contributed by atoms with Gasteiger partial charge in [-0.15, -0.1) is 0 Å². The maximum Gasteiger partial charge on any atom is 0.229 e. The van der Waals surface area contributed by atoms with Crippen LogP contribution in [0.15, 0.2) is 53.6 Å². The molecule has 9 nitrogen and oxygen atoms in total. The zero-order valence-electron chi connectivity index (χ0n) is 28.1. The van der Waals surface area contributed by atoms with Gasteiger partial charge in [-0.2, -0.15) is 4.98 Å². The molecule has 1 aromatic heterocycles. The molecular formula is C36H46ClN5O4S. The Balaban J connectivity index is 1.31. The molecule has 2 fully saturated rings. The quantitative estimate of drug-likeness (QED) is 0.209. The molecule has 2 aromatic carbocycles. The van der Waals surface area contributed by atoms with Gasteiger partial charge in [0.15, 0.2) is 15.7 Å². The molecule has 3 heterocycles. The van der Waals surface area contributed by atoms with Crippen molar-refractivity contribution >= 4 is 50.2 Å². The number of nitrogens with one attached hydrogen (secondary N) is 2.